The Labute approximate surface area is 200 Å². The van der Waals surface area contributed by atoms with Gasteiger partial charge in [0.05, 0.1) is 5.69 Å². The van der Waals surface area contributed by atoms with Gasteiger partial charge in [-0.3, -0.25) is 0 Å². The molecule has 32 heavy (non-hydrogen) atoms. The molecule has 0 saturated carbocycles. The first-order valence-corrected chi connectivity index (χ1v) is 12.2. The van der Waals surface area contributed by atoms with Gasteiger partial charge in [-0.2, -0.15) is 4.98 Å². The van der Waals surface area contributed by atoms with Crippen LogP contribution in [0.1, 0.15) is 49.9 Å². The molecule has 0 amide bonds. The van der Waals surface area contributed by atoms with Crippen LogP contribution < -0.4 is 9.80 Å². The van der Waals surface area contributed by atoms with E-state index < -0.39 is 0 Å². The average Bonchev–Trinajstić information content (AvgIpc) is 2.81. The lowest BCUT2D eigenvalue weighted by atomic mass is 10.0. The number of rotatable bonds is 6. The van der Waals surface area contributed by atoms with Crippen LogP contribution in [0.3, 0.4) is 0 Å². The molecule has 5 heteroatoms. The molecule has 0 saturated heterocycles. The van der Waals surface area contributed by atoms with E-state index in [-0.39, 0.29) is 0 Å². The number of benzene rings is 2. The Morgan fingerprint density at radius 3 is 2.53 bits per heavy atom. The van der Waals surface area contributed by atoms with Crippen LogP contribution in [0.5, 0.6) is 0 Å². The Balaban J connectivity index is 1.64. The summed E-state index contributed by atoms with van der Waals surface area (Å²) in [6.45, 7) is 11.2. The second kappa shape index (κ2) is 9.86. The highest BCUT2D eigenvalue weighted by Crippen LogP contribution is 2.34. The minimum absolute atomic E-state index is 0.489. The first-order valence-electron chi connectivity index (χ1n) is 11.4. The zero-order valence-corrected chi connectivity index (χ0v) is 20.9. The Bertz CT molecular complexity index is 1110. The number of hydrogen-bond acceptors (Lipinski definition) is 4. The van der Waals surface area contributed by atoms with Crippen molar-refractivity contribution in [3.05, 3.63) is 82.0 Å². The van der Waals surface area contributed by atoms with Crippen molar-refractivity contribution in [3.63, 3.8) is 0 Å². The molecule has 1 aliphatic heterocycles. The average molecular weight is 491 g/mol. The van der Waals surface area contributed by atoms with Crippen LogP contribution >= 0.6 is 15.9 Å². The SMILES string of the molecule is CCN(c1nc(C)cc(N2CCC=C(c3ccccc3)C2)n1)c1ccc(C(C)C)cc1Br. The van der Waals surface area contributed by atoms with Gasteiger partial charge in [-0.05, 0) is 70.9 Å². The number of halogens is 1. The van der Waals surface area contributed by atoms with Crippen LogP contribution in [0.2, 0.25) is 0 Å². The van der Waals surface area contributed by atoms with Gasteiger partial charge in [0.15, 0.2) is 0 Å². The molecular weight excluding hydrogens is 460 g/mol. The molecule has 2 aromatic carbocycles. The summed E-state index contributed by atoms with van der Waals surface area (Å²) in [6.07, 6.45) is 3.37. The lowest BCUT2D eigenvalue weighted by Gasteiger charge is -2.30. The quantitative estimate of drug-likeness (QED) is 0.368. The molecule has 2 heterocycles. The number of anilines is 3. The molecule has 0 spiro atoms. The molecule has 0 N–H and O–H groups in total. The molecule has 1 aliphatic rings. The molecule has 0 bridgehead atoms. The number of nitrogens with zero attached hydrogens (tertiary/aromatic N) is 4. The zero-order chi connectivity index (χ0) is 22.7. The van der Waals surface area contributed by atoms with Gasteiger partial charge in [0.25, 0.3) is 0 Å². The molecular formula is C27H31BrN4. The topological polar surface area (TPSA) is 32.3 Å². The lowest BCUT2D eigenvalue weighted by Crippen LogP contribution is -2.31. The molecule has 4 nitrogen and oxygen atoms in total. The van der Waals surface area contributed by atoms with Crippen LogP contribution in [0.4, 0.5) is 17.5 Å². The third-order valence-corrected chi connectivity index (χ3v) is 6.57. The highest BCUT2D eigenvalue weighted by Gasteiger charge is 2.20. The summed E-state index contributed by atoms with van der Waals surface area (Å²) in [5.74, 6) is 2.22. The highest BCUT2D eigenvalue weighted by atomic mass is 79.9. The van der Waals surface area contributed by atoms with Gasteiger partial charge < -0.3 is 9.80 Å². The third kappa shape index (κ3) is 4.88. The second-order valence-corrected chi connectivity index (χ2v) is 9.44. The van der Waals surface area contributed by atoms with Crippen LogP contribution in [0.15, 0.2) is 65.1 Å². The number of aromatic nitrogens is 2. The van der Waals surface area contributed by atoms with Crippen LogP contribution in [-0.4, -0.2) is 29.6 Å². The van der Waals surface area contributed by atoms with Crippen molar-refractivity contribution >= 4 is 39.0 Å². The van der Waals surface area contributed by atoms with Crippen molar-refractivity contribution in [2.24, 2.45) is 0 Å². The molecule has 0 aliphatic carbocycles. The fraction of sp³-hybridized carbons (Fsp3) is 0.333. The first kappa shape index (κ1) is 22.5. The monoisotopic (exact) mass is 490 g/mol. The van der Waals surface area contributed by atoms with Crippen molar-refractivity contribution in [2.75, 3.05) is 29.4 Å². The summed E-state index contributed by atoms with van der Waals surface area (Å²) < 4.78 is 1.07. The Kier molecular flexibility index (Phi) is 6.95. The van der Waals surface area contributed by atoms with Gasteiger partial charge in [-0.15, -0.1) is 0 Å². The van der Waals surface area contributed by atoms with Crippen LogP contribution in [-0.2, 0) is 0 Å². The van der Waals surface area contributed by atoms with Crippen molar-refractivity contribution in [1.82, 2.24) is 9.97 Å². The predicted molar refractivity (Wildman–Crippen MR) is 139 cm³/mol. The maximum Gasteiger partial charge on any atom is 0.232 e. The maximum absolute atomic E-state index is 5.02. The summed E-state index contributed by atoms with van der Waals surface area (Å²) in [7, 11) is 0. The van der Waals surface area contributed by atoms with Gasteiger partial charge in [0.1, 0.15) is 5.82 Å². The minimum atomic E-state index is 0.489. The molecule has 4 rings (SSSR count). The van der Waals surface area contributed by atoms with E-state index in [2.05, 4.69) is 114 Å². The fourth-order valence-corrected chi connectivity index (χ4v) is 4.75. The normalized spacial score (nSPS) is 13.9. The van der Waals surface area contributed by atoms with Crippen LogP contribution in [0, 0.1) is 6.92 Å². The Morgan fingerprint density at radius 1 is 1.06 bits per heavy atom. The Morgan fingerprint density at radius 2 is 1.84 bits per heavy atom. The second-order valence-electron chi connectivity index (χ2n) is 8.58. The van der Waals surface area contributed by atoms with Gasteiger partial charge in [-0.1, -0.05) is 56.3 Å². The van der Waals surface area contributed by atoms with Crippen molar-refractivity contribution < 1.29 is 0 Å². The molecule has 0 fully saturated rings. The van der Waals surface area contributed by atoms with Crippen LogP contribution in [0.25, 0.3) is 5.57 Å². The fourth-order valence-electron chi connectivity index (χ4n) is 4.14. The summed E-state index contributed by atoms with van der Waals surface area (Å²) in [6, 6.07) is 19.3. The van der Waals surface area contributed by atoms with E-state index in [0.717, 1.165) is 53.7 Å². The van der Waals surface area contributed by atoms with Crippen molar-refractivity contribution in [3.8, 4) is 0 Å². The predicted octanol–water partition coefficient (Wildman–Crippen LogP) is 7.12. The standard InChI is InChI=1S/C27H31BrN4/c1-5-32(25-14-13-22(19(2)3)17-24(25)28)27-29-20(4)16-26(30-27)31-15-9-12-23(18-31)21-10-7-6-8-11-21/h6-8,10-14,16-17,19H,5,9,15,18H2,1-4H3. The smallest absolute Gasteiger partial charge is 0.232 e. The summed E-state index contributed by atoms with van der Waals surface area (Å²) >= 11 is 3.79. The van der Waals surface area contributed by atoms with Gasteiger partial charge >= 0.3 is 0 Å². The third-order valence-electron chi connectivity index (χ3n) is 5.94. The van der Waals surface area contributed by atoms with Gasteiger partial charge in [0, 0.05) is 35.9 Å². The van der Waals surface area contributed by atoms with E-state index in [9.17, 15) is 0 Å². The molecule has 3 aromatic rings. The maximum atomic E-state index is 5.02. The minimum Gasteiger partial charge on any atom is -0.352 e. The van der Waals surface area contributed by atoms with E-state index >= 15 is 0 Å². The summed E-state index contributed by atoms with van der Waals surface area (Å²) in [5, 5.41) is 0. The molecule has 0 atom stereocenters. The first-order chi connectivity index (χ1) is 15.5. The largest absolute Gasteiger partial charge is 0.352 e. The molecule has 166 valence electrons. The lowest BCUT2D eigenvalue weighted by molar-refractivity contribution is 0.805. The van der Waals surface area contributed by atoms with E-state index in [1.807, 2.05) is 0 Å². The molecule has 0 radical (unpaired) electrons. The van der Waals surface area contributed by atoms with Gasteiger partial charge in [-0.25, -0.2) is 4.98 Å². The highest BCUT2D eigenvalue weighted by molar-refractivity contribution is 9.10. The van der Waals surface area contributed by atoms with E-state index in [0.29, 0.717) is 5.92 Å². The van der Waals surface area contributed by atoms with E-state index in [4.69, 9.17) is 9.97 Å². The summed E-state index contributed by atoms with van der Waals surface area (Å²) in [5.41, 5.74) is 6.03. The van der Waals surface area contributed by atoms with Gasteiger partial charge in [0.2, 0.25) is 5.95 Å². The van der Waals surface area contributed by atoms with E-state index in [1.54, 1.807) is 0 Å². The summed E-state index contributed by atoms with van der Waals surface area (Å²) in [4.78, 5) is 14.4. The number of hydrogen-bond donors (Lipinski definition) is 0. The zero-order valence-electron chi connectivity index (χ0n) is 19.3. The van der Waals surface area contributed by atoms with E-state index in [1.165, 1.54) is 16.7 Å². The Hall–Kier alpha value is -2.66. The number of aryl methyl sites for hydroxylation is 1. The van der Waals surface area contributed by atoms with Crippen molar-refractivity contribution in [1.29, 1.82) is 0 Å². The molecule has 1 aromatic heterocycles. The molecule has 0 unspecified atom stereocenters. The van der Waals surface area contributed by atoms with Crippen molar-refractivity contribution in [2.45, 2.75) is 40.0 Å².